The average molecular weight is 237 g/mol. The SMILES string of the molecule is BrCCCCC#Cc1ccccc1. The molecule has 13 heavy (non-hydrogen) atoms. The van der Waals surface area contributed by atoms with E-state index in [1.54, 1.807) is 0 Å². The van der Waals surface area contributed by atoms with Crippen LogP contribution in [0.25, 0.3) is 0 Å². The van der Waals surface area contributed by atoms with E-state index in [4.69, 9.17) is 0 Å². The highest BCUT2D eigenvalue weighted by Crippen LogP contribution is 1.98. The predicted octanol–water partition coefficient (Wildman–Crippen LogP) is 3.60. The molecule has 0 N–H and O–H groups in total. The third-order valence-corrected chi connectivity index (χ3v) is 2.25. The zero-order chi connectivity index (χ0) is 9.36. The highest BCUT2D eigenvalue weighted by molar-refractivity contribution is 9.09. The van der Waals surface area contributed by atoms with Gasteiger partial charge in [0.2, 0.25) is 0 Å². The molecule has 0 atom stereocenters. The van der Waals surface area contributed by atoms with Crippen molar-refractivity contribution in [3.8, 4) is 11.8 Å². The summed E-state index contributed by atoms with van der Waals surface area (Å²) in [6, 6.07) is 10.1. The number of hydrogen-bond donors (Lipinski definition) is 0. The van der Waals surface area contributed by atoms with Crippen LogP contribution in [0.2, 0.25) is 0 Å². The summed E-state index contributed by atoms with van der Waals surface area (Å²) in [6.45, 7) is 0. The molecule has 0 spiro atoms. The molecule has 1 rings (SSSR count). The first-order chi connectivity index (χ1) is 6.43. The fourth-order valence-electron chi connectivity index (χ4n) is 0.994. The quantitative estimate of drug-likeness (QED) is 0.428. The number of alkyl halides is 1. The van der Waals surface area contributed by atoms with Crippen LogP contribution in [0.15, 0.2) is 30.3 Å². The minimum absolute atomic E-state index is 1.00. The lowest BCUT2D eigenvalue weighted by Crippen LogP contribution is -1.75. The van der Waals surface area contributed by atoms with E-state index in [9.17, 15) is 0 Å². The van der Waals surface area contributed by atoms with Crippen LogP contribution >= 0.6 is 15.9 Å². The highest BCUT2D eigenvalue weighted by atomic mass is 79.9. The number of benzene rings is 1. The second-order valence-corrected chi connectivity index (χ2v) is 3.61. The number of halogens is 1. The van der Waals surface area contributed by atoms with Gasteiger partial charge in [-0.3, -0.25) is 0 Å². The molecule has 0 aliphatic rings. The lowest BCUT2D eigenvalue weighted by atomic mass is 10.2. The van der Waals surface area contributed by atoms with Gasteiger partial charge in [0.05, 0.1) is 0 Å². The average Bonchev–Trinajstić information content (AvgIpc) is 2.19. The number of hydrogen-bond acceptors (Lipinski definition) is 0. The predicted molar refractivity (Wildman–Crippen MR) is 61.0 cm³/mol. The molecule has 0 aromatic heterocycles. The van der Waals surface area contributed by atoms with Crippen molar-refractivity contribution >= 4 is 15.9 Å². The molecule has 1 heteroatoms. The molecule has 68 valence electrons. The molecule has 0 heterocycles. The van der Waals surface area contributed by atoms with E-state index in [1.807, 2.05) is 30.3 Å². The monoisotopic (exact) mass is 236 g/mol. The van der Waals surface area contributed by atoms with E-state index in [1.165, 1.54) is 12.8 Å². The molecule has 0 saturated heterocycles. The van der Waals surface area contributed by atoms with Gasteiger partial charge in [-0.1, -0.05) is 46.0 Å². The lowest BCUT2D eigenvalue weighted by molar-refractivity contribution is 0.841. The summed E-state index contributed by atoms with van der Waals surface area (Å²) in [5.41, 5.74) is 1.11. The van der Waals surface area contributed by atoms with E-state index in [2.05, 4.69) is 27.8 Å². The molecule has 0 fully saturated rings. The Bertz CT molecular complexity index is 279. The normalized spacial score (nSPS) is 9.00. The van der Waals surface area contributed by atoms with Gasteiger partial charge in [0.1, 0.15) is 0 Å². The number of rotatable bonds is 3. The van der Waals surface area contributed by atoms with E-state index >= 15 is 0 Å². The van der Waals surface area contributed by atoms with Crippen molar-refractivity contribution in [2.75, 3.05) is 5.33 Å². The molecular weight excluding hydrogens is 224 g/mol. The minimum Gasteiger partial charge on any atom is -0.0979 e. The Hall–Kier alpha value is -0.740. The smallest absolute Gasteiger partial charge is 0.0245 e. The molecule has 0 nitrogen and oxygen atoms in total. The van der Waals surface area contributed by atoms with Crippen molar-refractivity contribution in [1.82, 2.24) is 0 Å². The van der Waals surface area contributed by atoms with Crippen molar-refractivity contribution in [3.63, 3.8) is 0 Å². The van der Waals surface area contributed by atoms with Gasteiger partial charge in [0.15, 0.2) is 0 Å². The molecule has 0 saturated carbocycles. The van der Waals surface area contributed by atoms with Gasteiger partial charge in [0, 0.05) is 17.3 Å². The van der Waals surface area contributed by atoms with Gasteiger partial charge in [-0.25, -0.2) is 0 Å². The van der Waals surface area contributed by atoms with Gasteiger partial charge < -0.3 is 0 Å². The fourth-order valence-corrected chi connectivity index (χ4v) is 1.39. The first-order valence-corrected chi connectivity index (χ1v) is 5.65. The summed E-state index contributed by atoms with van der Waals surface area (Å²) in [5, 5.41) is 1.08. The largest absolute Gasteiger partial charge is 0.0979 e. The third kappa shape index (κ3) is 4.75. The second kappa shape index (κ2) is 6.74. The van der Waals surface area contributed by atoms with Crippen molar-refractivity contribution in [3.05, 3.63) is 35.9 Å². The zero-order valence-corrected chi connectivity index (χ0v) is 9.18. The maximum Gasteiger partial charge on any atom is 0.0245 e. The summed E-state index contributed by atoms with van der Waals surface area (Å²) in [6.07, 6.45) is 3.40. The van der Waals surface area contributed by atoms with Gasteiger partial charge in [0.25, 0.3) is 0 Å². The topological polar surface area (TPSA) is 0 Å². The first-order valence-electron chi connectivity index (χ1n) is 4.53. The Balaban J connectivity index is 2.31. The molecule has 0 amide bonds. The van der Waals surface area contributed by atoms with Crippen LogP contribution in [0.1, 0.15) is 24.8 Å². The molecule has 0 unspecified atom stereocenters. The third-order valence-electron chi connectivity index (χ3n) is 1.69. The van der Waals surface area contributed by atoms with Crippen LogP contribution in [0.5, 0.6) is 0 Å². The molecule has 0 radical (unpaired) electrons. The van der Waals surface area contributed by atoms with E-state index in [0.717, 1.165) is 17.3 Å². The van der Waals surface area contributed by atoms with E-state index in [0.29, 0.717) is 0 Å². The van der Waals surface area contributed by atoms with Crippen molar-refractivity contribution in [2.24, 2.45) is 0 Å². The Morgan fingerprint density at radius 3 is 2.54 bits per heavy atom. The molecule has 1 aromatic carbocycles. The summed E-state index contributed by atoms with van der Waals surface area (Å²) in [7, 11) is 0. The maximum atomic E-state index is 3.40. The van der Waals surface area contributed by atoms with Crippen LogP contribution < -0.4 is 0 Å². The molecule has 0 aliphatic carbocycles. The van der Waals surface area contributed by atoms with Crippen molar-refractivity contribution in [2.45, 2.75) is 19.3 Å². The van der Waals surface area contributed by atoms with Crippen molar-refractivity contribution < 1.29 is 0 Å². The van der Waals surface area contributed by atoms with Crippen LogP contribution in [-0.4, -0.2) is 5.33 Å². The molecule has 1 aromatic rings. The Kier molecular flexibility index (Phi) is 5.36. The summed E-state index contributed by atoms with van der Waals surface area (Å²) in [5.74, 6) is 6.30. The fraction of sp³-hybridized carbons (Fsp3) is 0.333. The van der Waals surface area contributed by atoms with Gasteiger partial charge in [-0.2, -0.15) is 0 Å². The molecular formula is C12H13Br. The summed E-state index contributed by atoms with van der Waals surface area (Å²) >= 11 is 3.40. The van der Waals surface area contributed by atoms with Crippen molar-refractivity contribution in [1.29, 1.82) is 0 Å². The molecule has 0 aliphatic heterocycles. The summed E-state index contributed by atoms with van der Waals surface area (Å²) in [4.78, 5) is 0. The molecule has 0 bridgehead atoms. The highest BCUT2D eigenvalue weighted by Gasteiger charge is 1.83. The maximum absolute atomic E-state index is 3.40. The number of unbranched alkanes of at least 4 members (excludes halogenated alkanes) is 2. The van der Waals surface area contributed by atoms with Crippen LogP contribution in [-0.2, 0) is 0 Å². The summed E-state index contributed by atoms with van der Waals surface area (Å²) < 4.78 is 0. The zero-order valence-electron chi connectivity index (χ0n) is 7.59. The van der Waals surface area contributed by atoms with Gasteiger partial charge >= 0.3 is 0 Å². The second-order valence-electron chi connectivity index (χ2n) is 2.81. The van der Waals surface area contributed by atoms with Crippen LogP contribution in [0, 0.1) is 11.8 Å². The first kappa shape index (κ1) is 10.3. The van der Waals surface area contributed by atoms with Crippen LogP contribution in [0.4, 0.5) is 0 Å². The Morgan fingerprint density at radius 2 is 1.85 bits per heavy atom. The Morgan fingerprint density at radius 1 is 1.08 bits per heavy atom. The van der Waals surface area contributed by atoms with E-state index in [-0.39, 0.29) is 0 Å². The van der Waals surface area contributed by atoms with E-state index < -0.39 is 0 Å². The minimum atomic E-state index is 1.00. The lowest BCUT2D eigenvalue weighted by Gasteiger charge is -1.88. The Labute approximate surface area is 88.5 Å². The standard InChI is InChI=1S/C12H13Br/c13-11-7-2-1-4-8-12-9-5-3-6-10-12/h3,5-6,9-10H,1-2,7,11H2. The van der Waals surface area contributed by atoms with Crippen LogP contribution in [0.3, 0.4) is 0 Å². The van der Waals surface area contributed by atoms with Gasteiger partial charge in [-0.15, -0.1) is 0 Å². The van der Waals surface area contributed by atoms with Gasteiger partial charge in [-0.05, 0) is 25.0 Å².